The first kappa shape index (κ1) is 17.2. The topological polar surface area (TPSA) is 70.7 Å². The maximum Gasteiger partial charge on any atom is 0.223 e. The minimum Gasteiger partial charge on any atom is -0.373 e. The van der Waals surface area contributed by atoms with Crippen molar-refractivity contribution >= 4 is 11.8 Å². The SMILES string of the molecule is C[C@@H]1CN(C(C)(C)CNC(=O)[C@@H]2CCNC(=O)C2)C[C@@H](C)O1. The summed E-state index contributed by atoms with van der Waals surface area (Å²) in [6.07, 6.45) is 1.45. The molecule has 2 heterocycles. The van der Waals surface area contributed by atoms with Crippen LogP contribution in [0.2, 0.25) is 0 Å². The molecule has 2 amide bonds. The Bertz CT molecular complexity index is 415. The number of piperidine rings is 1. The van der Waals surface area contributed by atoms with Crippen LogP contribution in [0.15, 0.2) is 0 Å². The van der Waals surface area contributed by atoms with E-state index in [1.807, 2.05) is 0 Å². The van der Waals surface area contributed by atoms with E-state index >= 15 is 0 Å². The third-order valence-corrected chi connectivity index (χ3v) is 4.59. The first-order valence-electron chi connectivity index (χ1n) is 8.23. The number of ether oxygens (including phenoxy) is 1. The molecule has 2 aliphatic rings. The van der Waals surface area contributed by atoms with Gasteiger partial charge in [-0.1, -0.05) is 0 Å². The zero-order valence-electron chi connectivity index (χ0n) is 14.1. The third-order valence-electron chi connectivity index (χ3n) is 4.59. The molecule has 2 fully saturated rings. The van der Waals surface area contributed by atoms with Gasteiger partial charge in [0.2, 0.25) is 11.8 Å². The summed E-state index contributed by atoms with van der Waals surface area (Å²) in [4.78, 5) is 26.0. The summed E-state index contributed by atoms with van der Waals surface area (Å²) in [7, 11) is 0. The number of hydrogen-bond donors (Lipinski definition) is 2. The van der Waals surface area contributed by atoms with Crippen molar-refractivity contribution < 1.29 is 14.3 Å². The average molecular weight is 311 g/mol. The van der Waals surface area contributed by atoms with Crippen LogP contribution in [0, 0.1) is 5.92 Å². The highest BCUT2D eigenvalue weighted by Crippen LogP contribution is 2.21. The highest BCUT2D eigenvalue weighted by molar-refractivity contribution is 5.86. The molecule has 0 unspecified atom stereocenters. The van der Waals surface area contributed by atoms with E-state index in [1.54, 1.807) is 0 Å². The quantitative estimate of drug-likeness (QED) is 0.794. The molecule has 0 aromatic carbocycles. The Kier molecular flexibility index (Phi) is 5.45. The summed E-state index contributed by atoms with van der Waals surface area (Å²) in [5, 5.41) is 5.80. The summed E-state index contributed by atoms with van der Waals surface area (Å²) in [5.74, 6) is -0.217. The van der Waals surface area contributed by atoms with Crippen molar-refractivity contribution in [1.82, 2.24) is 15.5 Å². The lowest BCUT2D eigenvalue weighted by molar-refractivity contribution is -0.133. The normalized spacial score (nSPS) is 30.7. The minimum atomic E-state index is -0.188. The van der Waals surface area contributed by atoms with E-state index < -0.39 is 0 Å². The molecule has 6 heteroatoms. The van der Waals surface area contributed by atoms with Crippen LogP contribution in [-0.4, -0.2) is 60.6 Å². The molecular weight excluding hydrogens is 282 g/mol. The second-order valence-electron chi connectivity index (χ2n) is 7.23. The second kappa shape index (κ2) is 6.96. The van der Waals surface area contributed by atoms with E-state index in [9.17, 15) is 9.59 Å². The zero-order chi connectivity index (χ0) is 16.3. The molecule has 3 atom stereocenters. The molecule has 0 aromatic heterocycles. The number of morpholine rings is 1. The first-order valence-corrected chi connectivity index (χ1v) is 8.23. The van der Waals surface area contributed by atoms with E-state index in [2.05, 4.69) is 43.2 Å². The van der Waals surface area contributed by atoms with Crippen molar-refractivity contribution in [3.8, 4) is 0 Å². The van der Waals surface area contributed by atoms with E-state index in [1.165, 1.54) is 0 Å². The molecule has 2 aliphatic heterocycles. The summed E-state index contributed by atoms with van der Waals surface area (Å²) >= 11 is 0. The van der Waals surface area contributed by atoms with Gasteiger partial charge < -0.3 is 15.4 Å². The van der Waals surface area contributed by atoms with E-state index in [0.29, 0.717) is 19.5 Å². The summed E-state index contributed by atoms with van der Waals surface area (Å²) in [5.41, 5.74) is -0.126. The lowest BCUT2D eigenvalue weighted by Crippen LogP contribution is -2.59. The van der Waals surface area contributed by atoms with Crippen LogP contribution in [0.4, 0.5) is 0 Å². The standard InChI is InChI=1S/C16H29N3O3/c1-11-8-19(9-12(2)22-11)16(3,4)10-18-15(21)13-5-6-17-14(20)7-13/h11-13H,5-10H2,1-4H3,(H,17,20)(H,18,21)/t11-,12-,13-/m1/s1. The smallest absolute Gasteiger partial charge is 0.223 e. The highest BCUT2D eigenvalue weighted by Gasteiger charge is 2.34. The summed E-state index contributed by atoms with van der Waals surface area (Å²) in [6, 6.07) is 0. The van der Waals surface area contributed by atoms with Gasteiger partial charge in [-0.15, -0.1) is 0 Å². The van der Waals surface area contributed by atoms with Crippen LogP contribution >= 0.6 is 0 Å². The fourth-order valence-corrected chi connectivity index (χ4v) is 3.24. The molecule has 0 bridgehead atoms. The number of carbonyl (C=O) groups excluding carboxylic acids is 2. The largest absolute Gasteiger partial charge is 0.373 e. The predicted molar refractivity (Wildman–Crippen MR) is 84.4 cm³/mol. The number of rotatable bonds is 4. The van der Waals surface area contributed by atoms with Crippen molar-refractivity contribution in [1.29, 1.82) is 0 Å². The van der Waals surface area contributed by atoms with Gasteiger partial charge in [0.1, 0.15) is 0 Å². The average Bonchev–Trinajstić information content (AvgIpc) is 2.44. The Balaban J connectivity index is 1.86. The van der Waals surface area contributed by atoms with Gasteiger partial charge in [0.25, 0.3) is 0 Å². The van der Waals surface area contributed by atoms with Crippen molar-refractivity contribution in [2.45, 2.75) is 58.3 Å². The fraction of sp³-hybridized carbons (Fsp3) is 0.875. The molecule has 0 aliphatic carbocycles. The number of amides is 2. The van der Waals surface area contributed by atoms with Crippen LogP contribution in [-0.2, 0) is 14.3 Å². The lowest BCUT2D eigenvalue weighted by atomic mass is 9.95. The number of carbonyl (C=O) groups is 2. The van der Waals surface area contributed by atoms with Crippen molar-refractivity contribution in [2.75, 3.05) is 26.2 Å². The Morgan fingerprint density at radius 3 is 2.59 bits per heavy atom. The van der Waals surface area contributed by atoms with Crippen molar-refractivity contribution in [3.05, 3.63) is 0 Å². The van der Waals surface area contributed by atoms with Gasteiger partial charge in [-0.3, -0.25) is 14.5 Å². The molecule has 126 valence electrons. The fourth-order valence-electron chi connectivity index (χ4n) is 3.24. The first-order chi connectivity index (χ1) is 10.3. The Labute approximate surface area is 132 Å². The molecule has 0 spiro atoms. The molecule has 2 saturated heterocycles. The Morgan fingerprint density at radius 2 is 2.00 bits per heavy atom. The van der Waals surface area contributed by atoms with Crippen molar-refractivity contribution in [3.63, 3.8) is 0 Å². The van der Waals surface area contributed by atoms with E-state index in [-0.39, 0.29) is 35.5 Å². The van der Waals surface area contributed by atoms with Gasteiger partial charge in [0.15, 0.2) is 0 Å². The Hall–Kier alpha value is -1.14. The number of nitrogens with zero attached hydrogens (tertiary/aromatic N) is 1. The summed E-state index contributed by atoms with van der Waals surface area (Å²) in [6.45, 7) is 11.4. The summed E-state index contributed by atoms with van der Waals surface area (Å²) < 4.78 is 5.77. The van der Waals surface area contributed by atoms with Gasteiger partial charge in [0.05, 0.1) is 12.2 Å². The predicted octanol–water partition coefficient (Wildman–Crippen LogP) is 0.517. The van der Waals surface area contributed by atoms with E-state index in [0.717, 1.165) is 19.5 Å². The second-order valence-corrected chi connectivity index (χ2v) is 7.23. The third kappa shape index (κ3) is 4.43. The lowest BCUT2D eigenvalue weighted by Gasteiger charge is -2.45. The molecule has 6 nitrogen and oxygen atoms in total. The van der Waals surface area contributed by atoms with Crippen LogP contribution in [0.1, 0.15) is 40.5 Å². The van der Waals surface area contributed by atoms with Crippen molar-refractivity contribution in [2.24, 2.45) is 5.92 Å². The highest BCUT2D eigenvalue weighted by atomic mass is 16.5. The number of nitrogens with one attached hydrogen (secondary N) is 2. The molecule has 2 N–H and O–H groups in total. The zero-order valence-corrected chi connectivity index (χ0v) is 14.1. The van der Waals surface area contributed by atoms with Crippen LogP contribution in [0.5, 0.6) is 0 Å². The molecule has 22 heavy (non-hydrogen) atoms. The van der Waals surface area contributed by atoms with E-state index in [4.69, 9.17) is 4.74 Å². The molecule has 0 radical (unpaired) electrons. The van der Waals surface area contributed by atoms with Gasteiger partial charge in [0, 0.05) is 44.1 Å². The van der Waals surface area contributed by atoms with Crippen LogP contribution in [0.3, 0.4) is 0 Å². The van der Waals surface area contributed by atoms with Gasteiger partial charge in [-0.2, -0.15) is 0 Å². The van der Waals surface area contributed by atoms with Crippen LogP contribution < -0.4 is 10.6 Å². The maximum absolute atomic E-state index is 12.3. The van der Waals surface area contributed by atoms with Gasteiger partial charge >= 0.3 is 0 Å². The number of hydrogen-bond acceptors (Lipinski definition) is 4. The maximum atomic E-state index is 12.3. The van der Waals surface area contributed by atoms with Gasteiger partial charge in [-0.05, 0) is 34.1 Å². The molecule has 2 rings (SSSR count). The van der Waals surface area contributed by atoms with Gasteiger partial charge in [-0.25, -0.2) is 0 Å². The molecular formula is C16H29N3O3. The molecule has 0 aromatic rings. The Morgan fingerprint density at radius 1 is 1.36 bits per heavy atom. The van der Waals surface area contributed by atoms with Crippen LogP contribution in [0.25, 0.3) is 0 Å². The monoisotopic (exact) mass is 311 g/mol. The minimum absolute atomic E-state index is 0.00252. The molecule has 0 saturated carbocycles.